The number of carbonyl (C=O) groups excluding carboxylic acids is 2. The normalized spacial score (nSPS) is 11.1. The molecule has 2 heterocycles. The van der Waals surface area contributed by atoms with E-state index in [9.17, 15) is 9.59 Å². The molecule has 46 heavy (non-hydrogen) atoms. The predicted molar refractivity (Wildman–Crippen MR) is 181 cm³/mol. The first-order valence-corrected chi connectivity index (χ1v) is 15.1. The minimum atomic E-state index is -0.931. The minimum absolute atomic E-state index is 0. The van der Waals surface area contributed by atoms with Crippen molar-refractivity contribution in [3.63, 3.8) is 0 Å². The van der Waals surface area contributed by atoms with E-state index < -0.39 is 11.6 Å². The number of aromatic nitrogens is 2. The van der Waals surface area contributed by atoms with Gasteiger partial charge in [0.05, 0.1) is 12.7 Å². The number of aryl methyl sites for hydroxylation is 2. The van der Waals surface area contributed by atoms with Crippen molar-refractivity contribution in [1.29, 1.82) is 0 Å². The Hall–Kier alpha value is -5.49. The number of carbonyl (C=O) groups is 2. The maximum atomic E-state index is 12.9. The minimum Gasteiger partial charge on any atom is -0.473 e. The van der Waals surface area contributed by atoms with Crippen molar-refractivity contribution >= 4 is 22.7 Å². The quantitative estimate of drug-likeness (QED) is 0.0646. The Morgan fingerprint density at radius 2 is 1.35 bits per heavy atom. The van der Waals surface area contributed by atoms with Gasteiger partial charge < -0.3 is 14.0 Å². The molecule has 0 unspecified atom stereocenters. The van der Waals surface area contributed by atoms with Crippen LogP contribution in [0.5, 0.6) is 5.75 Å². The second kappa shape index (κ2) is 14.1. The summed E-state index contributed by atoms with van der Waals surface area (Å²) in [5.74, 6) is 0.291. The summed E-state index contributed by atoms with van der Waals surface area (Å²) < 4.78 is 16.0. The number of fused-ring (bicyclic) bond motifs is 1. The van der Waals surface area contributed by atoms with Gasteiger partial charge in [0.2, 0.25) is 0 Å². The first-order valence-electron chi connectivity index (χ1n) is 15.1. The molecule has 0 aliphatic rings. The number of esters is 1. The van der Waals surface area contributed by atoms with Crippen molar-refractivity contribution < 1.29 is 23.6 Å². The van der Waals surface area contributed by atoms with Crippen molar-refractivity contribution in [3.8, 4) is 5.75 Å². The van der Waals surface area contributed by atoms with Crippen LogP contribution in [-0.2, 0) is 23.9 Å². The van der Waals surface area contributed by atoms with E-state index in [0.29, 0.717) is 36.4 Å². The second-order valence-electron chi connectivity index (χ2n) is 11.1. The lowest BCUT2D eigenvalue weighted by atomic mass is 9.80. The lowest BCUT2D eigenvalue weighted by Gasteiger charge is -2.36. The number of ether oxygens (including phenoxy) is 2. The van der Waals surface area contributed by atoms with E-state index in [4.69, 9.17) is 9.47 Å². The maximum Gasteiger partial charge on any atom is 0.354 e. The first-order chi connectivity index (χ1) is 22.0. The summed E-state index contributed by atoms with van der Waals surface area (Å²) in [6.45, 7) is 0.487. The SMILES string of the molecule is C.COC(=O)c1cc2cc(OC(c3ccccc3)(c3ccccc3)c3ccccc3)ccc2n1CCCC(=O)c1ccc[n+](C)c1. The number of nitrogens with zero attached hydrogens (tertiary/aromatic N) is 2. The van der Waals surface area contributed by atoms with Gasteiger partial charge in [-0.3, -0.25) is 4.79 Å². The largest absolute Gasteiger partial charge is 0.473 e. The summed E-state index contributed by atoms with van der Waals surface area (Å²) in [5.41, 5.74) is 4.02. The average Bonchev–Trinajstić information content (AvgIpc) is 3.45. The highest BCUT2D eigenvalue weighted by atomic mass is 16.5. The van der Waals surface area contributed by atoms with Crippen LogP contribution in [0.1, 0.15) is 57.8 Å². The van der Waals surface area contributed by atoms with Crippen molar-refractivity contribution in [1.82, 2.24) is 4.57 Å². The van der Waals surface area contributed by atoms with E-state index >= 15 is 0 Å². The van der Waals surface area contributed by atoms with Crippen molar-refractivity contribution in [2.75, 3.05) is 7.11 Å². The lowest BCUT2D eigenvalue weighted by molar-refractivity contribution is -0.671. The Labute approximate surface area is 270 Å². The van der Waals surface area contributed by atoms with Crippen LogP contribution in [0.4, 0.5) is 0 Å². The van der Waals surface area contributed by atoms with Crippen LogP contribution < -0.4 is 9.30 Å². The van der Waals surface area contributed by atoms with Crippen molar-refractivity contribution in [3.05, 3.63) is 168 Å². The number of methoxy groups -OCH3 is 1. The monoisotopic (exact) mass is 611 g/mol. The van der Waals surface area contributed by atoms with E-state index in [2.05, 4.69) is 36.4 Å². The molecule has 232 valence electrons. The van der Waals surface area contributed by atoms with Gasteiger partial charge in [-0.1, -0.05) is 98.4 Å². The van der Waals surface area contributed by atoms with E-state index in [1.807, 2.05) is 120 Å². The number of benzene rings is 4. The molecule has 6 aromatic rings. The number of Topliss-reactive ketones (excluding diaryl/α,β-unsaturated/α-hetero) is 1. The van der Waals surface area contributed by atoms with Crippen LogP contribution in [0, 0.1) is 0 Å². The highest BCUT2D eigenvalue weighted by Gasteiger charge is 2.39. The summed E-state index contributed by atoms with van der Waals surface area (Å²) in [7, 11) is 3.28. The fourth-order valence-corrected chi connectivity index (χ4v) is 5.99. The topological polar surface area (TPSA) is 61.4 Å². The standard InChI is InChI=1S/C39H35N2O4.CH4/c1-40-24-12-14-29(28-40)37(42)21-13-25-41-35-23-22-34(26-30(35)27-36(41)38(43)44-2)45-39(31-15-6-3-7-16-31,32-17-8-4-9-18-32)33-19-10-5-11-20-33;/h3-12,14-20,22-24,26-28H,13,21,25H2,1-2H3;1H4/q+1;. The third kappa shape index (κ3) is 6.33. The van der Waals surface area contributed by atoms with Gasteiger partial charge in [-0.2, -0.15) is 0 Å². The van der Waals surface area contributed by atoms with Crippen LogP contribution in [0.3, 0.4) is 0 Å². The van der Waals surface area contributed by atoms with Gasteiger partial charge in [0.25, 0.3) is 0 Å². The van der Waals surface area contributed by atoms with E-state index in [1.54, 1.807) is 0 Å². The summed E-state index contributed by atoms with van der Waals surface area (Å²) in [6.07, 6.45) is 4.66. The number of hydrogen-bond donors (Lipinski definition) is 0. The predicted octanol–water partition coefficient (Wildman–Crippen LogP) is 7.92. The smallest absolute Gasteiger partial charge is 0.354 e. The Balaban J connectivity index is 0.00000417. The molecule has 0 bridgehead atoms. The zero-order chi connectivity index (χ0) is 31.2. The van der Waals surface area contributed by atoms with Crippen LogP contribution in [0.15, 0.2) is 140 Å². The van der Waals surface area contributed by atoms with Gasteiger partial charge in [-0.05, 0) is 36.8 Å². The molecule has 0 spiro atoms. The highest BCUT2D eigenvalue weighted by molar-refractivity contribution is 5.96. The number of hydrogen-bond acceptors (Lipinski definition) is 4. The number of rotatable bonds is 11. The van der Waals surface area contributed by atoms with Gasteiger partial charge in [0.15, 0.2) is 23.8 Å². The third-order valence-electron chi connectivity index (χ3n) is 8.13. The second-order valence-corrected chi connectivity index (χ2v) is 11.1. The highest BCUT2D eigenvalue weighted by Crippen LogP contribution is 2.42. The number of ketones is 1. The molecule has 0 amide bonds. The molecule has 0 aliphatic carbocycles. The molecule has 2 aromatic heterocycles. The molecule has 0 aliphatic heterocycles. The van der Waals surface area contributed by atoms with E-state index in [1.165, 1.54) is 7.11 Å². The summed E-state index contributed by atoms with van der Waals surface area (Å²) in [5, 5.41) is 0.845. The third-order valence-corrected chi connectivity index (χ3v) is 8.13. The van der Waals surface area contributed by atoms with Gasteiger partial charge in [0.1, 0.15) is 18.5 Å². The molecule has 6 rings (SSSR count). The molecule has 0 fully saturated rings. The van der Waals surface area contributed by atoms with Crippen molar-refractivity contribution in [2.45, 2.75) is 32.4 Å². The zero-order valence-corrected chi connectivity index (χ0v) is 25.4. The molecular formula is C40H39N2O4+. The molecular weight excluding hydrogens is 572 g/mol. The number of pyridine rings is 1. The lowest BCUT2D eigenvalue weighted by Crippen LogP contribution is -2.36. The van der Waals surface area contributed by atoms with Gasteiger partial charge in [-0.25, -0.2) is 9.36 Å². The van der Waals surface area contributed by atoms with E-state index in [-0.39, 0.29) is 13.2 Å². The average molecular weight is 612 g/mol. The molecule has 0 radical (unpaired) electrons. The molecule has 0 N–H and O–H groups in total. The molecule has 4 aromatic carbocycles. The molecule has 0 saturated carbocycles. The Morgan fingerprint density at radius 3 is 1.89 bits per heavy atom. The summed E-state index contributed by atoms with van der Waals surface area (Å²) in [6, 6.07) is 42.1. The van der Waals surface area contributed by atoms with Crippen LogP contribution in [-0.4, -0.2) is 23.4 Å². The van der Waals surface area contributed by atoms with Gasteiger partial charge in [-0.15, -0.1) is 0 Å². The maximum absolute atomic E-state index is 12.9. The fourth-order valence-electron chi connectivity index (χ4n) is 5.99. The summed E-state index contributed by atoms with van der Waals surface area (Å²) >= 11 is 0. The molecule has 6 heteroatoms. The molecule has 0 saturated heterocycles. The first kappa shape index (κ1) is 31.9. The Bertz CT molecular complexity index is 1840. The molecule has 0 atom stereocenters. The van der Waals surface area contributed by atoms with E-state index in [0.717, 1.165) is 27.6 Å². The van der Waals surface area contributed by atoms with Crippen molar-refractivity contribution in [2.24, 2.45) is 7.05 Å². The molecule has 6 nitrogen and oxygen atoms in total. The van der Waals surface area contributed by atoms with Gasteiger partial charge in [0, 0.05) is 46.6 Å². The fraction of sp³-hybridized carbons (Fsp3) is 0.175. The Kier molecular flexibility index (Phi) is 9.77. The van der Waals surface area contributed by atoms with Crippen LogP contribution >= 0.6 is 0 Å². The Morgan fingerprint density at radius 1 is 0.761 bits per heavy atom. The van der Waals surface area contributed by atoms with Crippen LogP contribution in [0.25, 0.3) is 10.9 Å². The van der Waals surface area contributed by atoms with Gasteiger partial charge >= 0.3 is 5.97 Å². The summed E-state index contributed by atoms with van der Waals surface area (Å²) in [4.78, 5) is 25.7. The zero-order valence-electron chi connectivity index (χ0n) is 25.4. The van der Waals surface area contributed by atoms with Crippen LogP contribution in [0.2, 0.25) is 0 Å².